The predicted octanol–water partition coefficient (Wildman–Crippen LogP) is 3.73. The van der Waals surface area contributed by atoms with Gasteiger partial charge in [-0.05, 0) is 46.9 Å². The number of nitrogens with one attached hydrogen (secondary N) is 1. The van der Waals surface area contributed by atoms with Crippen LogP contribution in [-0.4, -0.2) is 10.8 Å². The Labute approximate surface area is 131 Å². The van der Waals surface area contributed by atoms with Crippen LogP contribution in [0.1, 0.15) is 10.4 Å². The first-order valence-electron chi connectivity index (χ1n) is 5.59. The Balaban J connectivity index is 2.26. The molecule has 0 saturated heterocycles. The Morgan fingerprint density at radius 3 is 2.48 bits per heavy atom. The lowest BCUT2D eigenvalue weighted by atomic mass is 10.1. The molecule has 0 unspecified atom stereocenters. The molecule has 0 fully saturated rings. The molecule has 0 aromatic heterocycles. The quantitative estimate of drug-likeness (QED) is 0.482. The van der Waals surface area contributed by atoms with Gasteiger partial charge < -0.3 is 5.32 Å². The van der Waals surface area contributed by atoms with Crippen LogP contribution in [0, 0.1) is 25.3 Å². The summed E-state index contributed by atoms with van der Waals surface area (Å²) in [6.45, 7) is 0. The number of hydrogen-bond acceptors (Lipinski definition) is 3. The van der Waals surface area contributed by atoms with E-state index in [-0.39, 0.29) is 5.56 Å². The van der Waals surface area contributed by atoms with Crippen molar-refractivity contribution in [2.75, 3.05) is 5.32 Å². The Hall–Kier alpha value is -2.10. The summed E-state index contributed by atoms with van der Waals surface area (Å²) >= 11 is 1.82. The number of non-ortho nitro benzene ring substituents is 1. The van der Waals surface area contributed by atoms with Gasteiger partial charge in [-0.15, -0.1) is 0 Å². The lowest BCUT2D eigenvalue weighted by Gasteiger charge is -2.08. The lowest BCUT2D eigenvalue weighted by Crippen LogP contribution is -2.14. The Morgan fingerprint density at radius 2 is 1.90 bits per heavy atom. The van der Waals surface area contributed by atoms with Gasteiger partial charge in [-0.1, -0.05) is 0 Å². The highest BCUT2D eigenvalue weighted by atomic mass is 127. The molecule has 2 aromatic carbocycles. The van der Waals surface area contributed by atoms with Crippen molar-refractivity contribution in [1.82, 2.24) is 0 Å². The summed E-state index contributed by atoms with van der Waals surface area (Å²) < 4.78 is 27.1. The third kappa shape index (κ3) is 3.51. The summed E-state index contributed by atoms with van der Waals surface area (Å²) in [4.78, 5) is 21.7. The number of nitro benzene ring substituents is 1. The molecule has 108 valence electrons. The van der Waals surface area contributed by atoms with Crippen molar-refractivity contribution in [1.29, 1.82) is 0 Å². The van der Waals surface area contributed by atoms with E-state index in [1.54, 1.807) is 0 Å². The minimum absolute atomic E-state index is 0.319. The third-order valence-corrected chi connectivity index (χ3v) is 3.48. The number of nitrogens with zero attached hydrogens (tertiary/aromatic N) is 1. The summed E-state index contributed by atoms with van der Waals surface area (Å²) in [7, 11) is 0. The molecule has 1 N–H and O–H groups in total. The minimum Gasteiger partial charge on any atom is -0.321 e. The standard InChI is InChI=1S/C13H7F2IN2O3/c14-7-1-4-12(11(16)5-7)17-13(19)9-3-2-8(18(20)21)6-10(9)15/h1-6H,(H,17,19). The van der Waals surface area contributed by atoms with Gasteiger partial charge in [0.2, 0.25) is 0 Å². The number of carbonyl (C=O) groups is 1. The maximum atomic E-state index is 13.7. The van der Waals surface area contributed by atoms with Crippen LogP contribution >= 0.6 is 22.6 Å². The molecular formula is C13H7F2IN2O3. The molecule has 0 aliphatic carbocycles. The maximum absolute atomic E-state index is 13.7. The van der Waals surface area contributed by atoms with E-state index in [1.165, 1.54) is 12.1 Å². The number of carbonyl (C=O) groups excluding carboxylic acids is 1. The second-order valence-corrected chi connectivity index (χ2v) is 5.16. The van der Waals surface area contributed by atoms with Crippen LogP contribution in [0.4, 0.5) is 20.2 Å². The maximum Gasteiger partial charge on any atom is 0.272 e. The zero-order chi connectivity index (χ0) is 15.6. The number of anilines is 1. The van der Waals surface area contributed by atoms with Gasteiger partial charge in [0.05, 0.1) is 22.2 Å². The normalized spacial score (nSPS) is 10.2. The van der Waals surface area contributed by atoms with E-state index in [9.17, 15) is 23.7 Å². The van der Waals surface area contributed by atoms with E-state index in [0.717, 1.165) is 18.2 Å². The van der Waals surface area contributed by atoms with Crippen LogP contribution in [0.5, 0.6) is 0 Å². The first-order chi connectivity index (χ1) is 9.88. The average Bonchev–Trinajstić information content (AvgIpc) is 2.41. The van der Waals surface area contributed by atoms with Gasteiger partial charge in [-0.25, -0.2) is 8.78 Å². The van der Waals surface area contributed by atoms with E-state index in [4.69, 9.17) is 0 Å². The number of hydrogen-bond donors (Lipinski definition) is 1. The van der Waals surface area contributed by atoms with E-state index < -0.39 is 28.2 Å². The van der Waals surface area contributed by atoms with Crippen LogP contribution in [-0.2, 0) is 0 Å². The fraction of sp³-hybridized carbons (Fsp3) is 0. The molecule has 0 saturated carbocycles. The van der Waals surface area contributed by atoms with E-state index >= 15 is 0 Å². The van der Waals surface area contributed by atoms with Crippen molar-refractivity contribution in [2.24, 2.45) is 0 Å². The molecule has 1 amide bonds. The highest BCUT2D eigenvalue weighted by Gasteiger charge is 2.17. The zero-order valence-electron chi connectivity index (χ0n) is 10.3. The molecule has 0 aliphatic heterocycles. The summed E-state index contributed by atoms with van der Waals surface area (Å²) in [6, 6.07) is 6.45. The van der Waals surface area contributed by atoms with Gasteiger partial charge in [-0.2, -0.15) is 0 Å². The van der Waals surface area contributed by atoms with Crippen LogP contribution < -0.4 is 5.32 Å². The molecule has 5 nitrogen and oxygen atoms in total. The van der Waals surface area contributed by atoms with Gasteiger partial charge >= 0.3 is 0 Å². The van der Waals surface area contributed by atoms with Crippen molar-refractivity contribution in [3.8, 4) is 0 Å². The zero-order valence-corrected chi connectivity index (χ0v) is 12.4. The molecule has 21 heavy (non-hydrogen) atoms. The Morgan fingerprint density at radius 1 is 1.19 bits per heavy atom. The summed E-state index contributed by atoms with van der Waals surface area (Å²) in [5, 5.41) is 12.9. The van der Waals surface area contributed by atoms with Gasteiger partial charge in [0, 0.05) is 9.64 Å². The average molecular weight is 404 g/mol. The highest BCUT2D eigenvalue weighted by molar-refractivity contribution is 14.1. The van der Waals surface area contributed by atoms with Gasteiger partial charge in [0.25, 0.3) is 11.6 Å². The lowest BCUT2D eigenvalue weighted by molar-refractivity contribution is -0.385. The van der Waals surface area contributed by atoms with E-state index in [1.807, 2.05) is 22.6 Å². The molecule has 0 radical (unpaired) electrons. The molecule has 2 rings (SSSR count). The number of nitro groups is 1. The van der Waals surface area contributed by atoms with E-state index in [2.05, 4.69) is 5.32 Å². The molecule has 8 heteroatoms. The first kappa shape index (κ1) is 15.3. The number of benzene rings is 2. The van der Waals surface area contributed by atoms with Gasteiger partial charge in [0.15, 0.2) is 0 Å². The topological polar surface area (TPSA) is 72.2 Å². The number of halogens is 3. The van der Waals surface area contributed by atoms with Crippen LogP contribution in [0.3, 0.4) is 0 Å². The summed E-state index contributed by atoms with van der Waals surface area (Å²) in [5.41, 5.74) is -0.458. The Bertz CT molecular complexity index is 737. The number of amides is 1. The predicted molar refractivity (Wildman–Crippen MR) is 80.1 cm³/mol. The third-order valence-electron chi connectivity index (χ3n) is 2.59. The Kier molecular flexibility index (Phi) is 4.46. The smallest absolute Gasteiger partial charge is 0.272 e. The molecule has 0 heterocycles. The molecular weight excluding hydrogens is 397 g/mol. The first-order valence-corrected chi connectivity index (χ1v) is 6.66. The summed E-state index contributed by atoms with van der Waals surface area (Å²) in [6.07, 6.45) is 0. The van der Waals surface area contributed by atoms with Crippen LogP contribution in [0.15, 0.2) is 36.4 Å². The monoisotopic (exact) mass is 404 g/mol. The molecule has 0 aliphatic rings. The molecule has 0 spiro atoms. The second-order valence-electron chi connectivity index (χ2n) is 4.00. The van der Waals surface area contributed by atoms with Crippen LogP contribution in [0.2, 0.25) is 0 Å². The van der Waals surface area contributed by atoms with Crippen molar-refractivity contribution in [2.45, 2.75) is 0 Å². The minimum atomic E-state index is -1.00. The van der Waals surface area contributed by atoms with Gasteiger partial charge in [0.1, 0.15) is 11.6 Å². The van der Waals surface area contributed by atoms with E-state index in [0.29, 0.717) is 15.3 Å². The van der Waals surface area contributed by atoms with Crippen molar-refractivity contribution in [3.05, 3.63) is 67.3 Å². The van der Waals surface area contributed by atoms with Crippen molar-refractivity contribution < 1.29 is 18.5 Å². The highest BCUT2D eigenvalue weighted by Crippen LogP contribution is 2.21. The second kappa shape index (κ2) is 6.12. The van der Waals surface area contributed by atoms with Crippen molar-refractivity contribution >= 4 is 39.9 Å². The number of rotatable bonds is 3. The summed E-state index contributed by atoms with van der Waals surface area (Å²) in [5.74, 6) is -2.23. The largest absolute Gasteiger partial charge is 0.321 e. The van der Waals surface area contributed by atoms with Crippen LogP contribution in [0.25, 0.3) is 0 Å². The van der Waals surface area contributed by atoms with Gasteiger partial charge in [-0.3, -0.25) is 14.9 Å². The molecule has 2 aromatic rings. The molecule has 0 atom stereocenters. The fourth-order valence-electron chi connectivity index (χ4n) is 1.58. The molecule has 0 bridgehead atoms. The SMILES string of the molecule is O=C(Nc1ccc(F)cc1I)c1ccc([N+](=O)[O-])cc1F. The van der Waals surface area contributed by atoms with Crippen molar-refractivity contribution in [3.63, 3.8) is 0 Å². The fourth-order valence-corrected chi connectivity index (χ4v) is 2.19.